The van der Waals surface area contributed by atoms with E-state index in [9.17, 15) is 23.1 Å². The molecule has 2 aromatic heterocycles. The summed E-state index contributed by atoms with van der Waals surface area (Å²) >= 11 is 0.995. The number of aliphatic hydroxyl groups is 1. The Morgan fingerprint density at radius 2 is 2.03 bits per heavy atom. The zero-order chi connectivity index (χ0) is 23.9. The van der Waals surface area contributed by atoms with Crippen LogP contribution in [0.1, 0.15) is 29.4 Å². The van der Waals surface area contributed by atoms with Crippen LogP contribution in [0.25, 0.3) is 0 Å². The fourth-order valence-corrected chi connectivity index (χ4v) is 4.55. The van der Waals surface area contributed by atoms with Gasteiger partial charge in [0.1, 0.15) is 17.7 Å². The molecule has 0 saturated carbocycles. The topological polar surface area (TPSA) is 135 Å². The number of aliphatic hydroxyl groups excluding tert-OH is 1. The van der Waals surface area contributed by atoms with Crippen molar-refractivity contribution in [3.63, 3.8) is 0 Å². The predicted molar refractivity (Wildman–Crippen MR) is 115 cm³/mol. The van der Waals surface area contributed by atoms with Crippen molar-refractivity contribution >= 4 is 33.9 Å². The van der Waals surface area contributed by atoms with E-state index in [1.165, 1.54) is 40.1 Å². The summed E-state index contributed by atoms with van der Waals surface area (Å²) in [6.45, 7) is 0.992. The second kappa shape index (κ2) is 8.65. The minimum absolute atomic E-state index is 0.00776. The van der Waals surface area contributed by atoms with Crippen molar-refractivity contribution in [1.82, 2.24) is 15.0 Å². The number of likely N-dealkylation sites (tertiary alicyclic amines) is 1. The fraction of sp³-hybridized carbons (Fsp3) is 0.350. The Hall–Kier alpha value is -3.16. The van der Waals surface area contributed by atoms with Gasteiger partial charge in [0.2, 0.25) is 5.91 Å². The second-order valence-corrected chi connectivity index (χ2v) is 8.80. The highest BCUT2D eigenvalue weighted by molar-refractivity contribution is 7.16. The van der Waals surface area contributed by atoms with Crippen LogP contribution >= 0.6 is 11.3 Å². The monoisotopic (exact) mass is 482 g/mol. The van der Waals surface area contributed by atoms with Crippen LogP contribution in [-0.4, -0.2) is 51.1 Å². The van der Waals surface area contributed by atoms with Gasteiger partial charge in [0.25, 0.3) is 5.92 Å². The van der Waals surface area contributed by atoms with Crippen LogP contribution in [-0.2, 0) is 11.3 Å². The lowest BCUT2D eigenvalue weighted by molar-refractivity contribution is -0.134. The molecule has 3 aromatic rings. The van der Waals surface area contributed by atoms with Gasteiger partial charge in [0.05, 0.1) is 23.7 Å². The first-order valence-corrected chi connectivity index (χ1v) is 10.7. The number of nitrogens with zero attached hydrogens (tertiary/aromatic N) is 4. The molecule has 4 rings (SSSR count). The third-order valence-corrected chi connectivity index (χ3v) is 6.29. The van der Waals surface area contributed by atoms with Crippen molar-refractivity contribution in [1.29, 1.82) is 0 Å². The molecule has 13 heteroatoms. The number of halogens is 3. The molecule has 1 aliphatic heterocycles. The molecule has 2 atom stereocenters. The minimum Gasteiger partial charge on any atom is -0.383 e. The Morgan fingerprint density at radius 1 is 1.36 bits per heavy atom. The quantitative estimate of drug-likeness (QED) is 0.446. The Balaban J connectivity index is 1.57. The first kappa shape index (κ1) is 23.0. The summed E-state index contributed by atoms with van der Waals surface area (Å²) in [6.07, 6.45) is -1.32. The Labute approximate surface area is 190 Å². The maximum absolute atomic E-state index is 13.4. The van der Waals surface area contributed by atoms with Gasteiger partial charge in [-0.15, -0.1) is 0 Å². The molecule has 5 N–H and O–H groups in total. The molecule has 1 aromatic carbocycles. The van der Waals surface area contributed by atoms with E-state index < -0.39 is 29.8 Å². The highest BCUT2D eigenvalue weighted by atomic mass is 32.1. The third-order valence-electron chi connectivity index (χ3n) is 5.17. The van der Waals surface area contributed by atoms with Crippen molar-refractivity contribution in [2.75, 3.05) is 23.7 Å². The summed E-state index contributed by atoms with van der Waals surface area (Å²) in [5, 5.41) is 14.9. The largest absolute Gasteiger partial charge is 0.383 e. The van der Waals surface area contributed by atoms with E-state index in [2.05, 4.69) is 10.1 Å². The number of hydrogen-bond acceptors (Lipinski definition) is 9. The molecule has 33 heavy (non-hydrogen) atoms. The Bertz CT molecular complexity index is 1140. The molecule has 0 aliphatic carbocycles. The number of nitrogen functional groups attached to an aromatic ring is 1. The first-order valence-electron chi connectivity index (χ1n) is 9.88. The standard InChI is InChI=1S/C20H21F3N6O3S/c1-10(18(25)31)29(13-4-2-11(21)3-5-13)19-26-17(24)16(33-19)15(30)14-6-12(27-32-14)7-28-8-20(22,23)9-28/h2-6,10,15,30H,7-9,24H2,1H3,(H2,25,31). The maximum atomic E-state index is 13.4. The number of anilines is 3. The smallest absolute Gasteiger partial charge is 0.272 e. The average molecular weight is 482 g/mol. The average Bonchev–Trinajstić information content (AvgIpc) is 3.34. The lowest BCUT2D eigenvalue weighted by atomic mass is 10.1. The Kier molecular flexibility index (Phi) is 6.03. The number of alkyl halides is 2. The molecule has 9 nitrogen and oxygen atoms in total. The van der Waals surface area contributed by atoms with Gasteiger partial charge in [-0.1, -0.05) is 16.5 Å². The van der Waals surface area contributed by atoms with Crippen LogP contribution in [0.3, 0.4) is 0 Å². The molecule has 176 valence electrons. The summed E-state index contributed by atoms with van der Waals surface area (Å²) in [5.41, 5.74) is 12.3. The summed E-state index contributed by atoms with van der Waals surface area (Å²) in [5.74, 6) is -3.74. The molecule has 0 spiro atoms. The van der Waals surface area contributed by atoms with Gasteiger partial charge >= 0.3 is 0 Å². The molecule has 1 fully saturated rings. The maximum Gasteiger partial charge on any atom is 0.272 e. The van der Waals surface area contributed by atoms with Crippen LogP contribution in [0, 0.1) is 5.82 Å². The van der Waals surface area contributed by atoms with Gasteiger partial charge in [-0.2, -0.15) is 0 Å². The zero-order valence-electron chi connectivity index (χ0n) is 17.4. The number of primary amides is 1. The summed E-state index contributed by atoms with van der Waals surface area (Å²) < 4.78 is 44.6. The van der Waals surface area contributed by atoms with E-state index in [-0.39, 0.29) is 41.2 Å². The number of nitrogens with two attached hydrogens (primary N) is 2. The first-order chi connectivity index (χ1) is 15.5. The SMILES string of the molecule is CC(C(N)=O)N(c1ccc(F)cc1)c1nc(N)c(C(O)c2cc(CN3CC(F)(F)C3)no2)s1. The molecular formula is C20H21F3N6O3S. The van der Waals surface area contributed by atoms with Crippen molar-refractivity contribution < 1.29 is 27.6 Å². The van der Waals surface area contributed by atoms with Gasteiger partial charge in [-0.3, -0.25) is 9.69 Å². The normalized spacial score (nSPS) is 17.4. The minimum atomic E-state index is -2.70. The lowest BCUT2D eigenvalue weighted by Crippen LogP contribution is -2.55. The van der Waals surface area contributed by atoms with Crippen LogP contribution in [0.4, 0.5) is 29.8 Å². The van der Waals surface area contributed by atoms with Crippen LogP contribution in [0.15, 0.2) is 34.9 Å². The molecule has 1 aliphatic rings. The Morgan fingerprint density at radius 3 is 2.64 bits per heavy atom. The summed E-state index contributed by atoms with van der Waals surface area (Å²) in [7, 11) is 0. The third kappa shape index (κ3) is 4.79. The number of thiazole rings is 1. The van der Waals surface area contributed by atoms with E-state index in [4.69, 9.17) is 16.0 Å². The summed E-state index contributed by atoms with van der Waals surface area (Å²) in [6, 6.07) is 6.00. The number of amides is 1. The predicted octanol–water partition coefficient (Wildman–Crippen LogP) is 2.40. The molecular weight excluding hydrogens is 461 g/mol. The van der Waals surface area contributed by atoms with Gasteiger partial charge in [-0.25, -0.2) is 18.2 Å². The van der Waals surface area contributed by atoms with Gasteiger partial charge in [0, 0.05) is 18.3 Å². The van der Waals surface area contributed by atoms with Crippen LogP contribution in [0.5, 0.6) is 0 Å². The van der Waals surface area contributed by atoms with Crippen molar-refractivity contribution in [2.45, 2.75) is 31.5 Å². The van der Waals surface area contributed by atoms with E-state index in [1.807, 2.05) is 0 Å². The van der Waals surface area contributed by atoms with Crippen molar-refractivity contribution in [3.05, 3.63) is 52.5 Å². The van der Waals surface area contributed by atoms with E-state index in [0.717, 1.165) is 11.3 Å². The number of hydrogen-bond donors (Lipinski definition) is 3. The van der Waals surface area contributed by atoms with Gasteiger partial charge in [-0.05, 0) is 31.2 Å². The highest BCUT2D eigenvalue weighted by Crippen LogP contribution is 2.39. The van der Waals surface area contributed by atoms with Crippen molar-refractivity contribution in [3.8, 4) is 0 Å². The van der Waals surface area contributed by atoms with Crippen LogP contribution < -0.4 is 16.4 Å². The highest BCUT2D eigenvalue weighted by Gasteiger charge is 2.43. The van der Waals surface area contributed by atoms with Gasteiger partial charge in [0.15, 0.2) is 17.0 Å². The van der Waals surface area contributed by atoms with Crippen molar-refractivity contribution in [2.24, 2.45) is 5.73 Å². The zero-order valence-corrected chi connectivity index (χ0v) is 18.2. The number of carbonyl (C=O) groups excluding carboxylic acids is 1. The molecule has 0 bridgehead atoms. The lowest BCUT2D eigenvalue weighted by Gasteiger charge is -2.37. The molecule has 1 saturated heterocycles. The van der Waals surface area contributed by atoms with E-state index in [1.54, 1.807) is 6.92 Å². The second-order valence-electron chi connectivity index (χ2n) is 7.79. The van der Waals surface area contributed by atoms with E-state index >= 15 is 0 Å². The van der Waals surface area contributed by atoms with E-state index in [0.29, 0.717) is 11.4 Å². The molecule has 1 amide bonds. The number of carbonyl (C=O) groups is 1. The number of benzene rings is 1. The van der Waals surface area contributed by atoms with Crippen LogP contribution in [0.2, 0.25) is 0 Å². The molecule has 0 radical (unpaired) electrons. The molecule has 3 heterocycles. The fourth-order valence-electron chi connectivity index (χ4n) is 3.47. The number of rotatable bonds is 8. The summed E-state index contributed by atoms with van der Waals surface area (Å²) in [4.78, 5) is 19.4. The van der Waals surface area contributed by atoms with Gasteiger partial charge < -0.3 is 26.0 Å². The molecule has 2 unspecified atom stereocenters. The number of aromatic nitrogens is 2.